The molecule has 1 saturated carbocycles. The van der Waals surface area contributed by atoms with Gasteiger partial charge in [0.05, 0.1) is 17.5 Å². The number of carbonyl (C=O) groups is 1. The summed E-state index contributed by atoms with van der Waals surface area (Å²) in [4.78, 5) is 10.9. The van der Waals surface area contributed by atoms with Crippen LogP contribution in [-0.2, 0) is 10.2 Å². The molecule has 15 heavy (non-hydrogen) atoms. The number of phenols is 1. The van der Waals surface area contributed by atoms with Gasteiger partial charge >= 0.3 is 0 Å². The zero-order valence-corrected chi connectivity index (χ0v) is 9.04. The summed E-state index contributed by atoms with van der Waals surface area (Å²) in [6.07, 6.45) is 2.35. The highest BCUT2D eigenvalue weighted by molar-refractivity contribution is 6.32. The molecule has 0 aliphatic heterocycles. The Hall–Kier alpha value is -1.22. The first-order valence-electron chi connectivity index (χ1n) is 4.66. The molecule has 0 heterocycles. The van der Waals surface area contributed by atoms with Crippen LogP contribution in [0.5, 0.6) is 11.5 Å². The second kappa shape index (κ2) is 3.42. The second-order valence-electron chi connectivity index (χ2n) is 3.78. The lowest BCUT2D eigenvalue weighted by Gasteiger charge is -2.13. The largest absolute Gasteiger partial charge is 0.507 e. The fraction of sp³-hybridized carbons (Fsp3) is 0.364. The van der Waals surface area contributed by atoms with E-state index in [1.165, 1.54) is 13.2 Å². The number of ether oxygens (including phenoxy) is 1. The third-order valence-electron chi connectivity index (χ3n) is 2.79. The average molecular weight is 227 g/mol. The quantitative estimate of drug-likeness (QED) is 0.805. The molecule has 0 aromatic heterocycles. The molecule has 1 N–H and O–H groups in total. The summed E-state index contributed by atoms with van der Waals surface area (Å²) in [5.74, 6) is 0.520. The number of benzene rings is 1. The zero-order chi connectivity index (χ0) is 11.1. The Kier molecular flexibility index (Phi) is 2.35. The zero-order valence-electron chi connectivity index (χ0n) is 8.29. The molecule has 0 amide bonds. The van der Waals surface area contributed by atoms with E-state index in [1.807, 2.05) is 0 Å². The molecule has 80 valence electrons. The van der Waals surface area contributed by atoms with Gasteiger partial charge in [0.1, 0.15) is 17.8 Å². The first-order chi connectivity index (χ1) is 7.13. The summed E-state index contributed by atoms with van der Waals surface area (Å²) in [5, 5.41) is 10.2. The molecular weight excluding hydrogens is 216 g/mol. The molecule has 4 heteroatoms. The Bertz CT molecular complexity index is 387. The highest BCUT2D eigenvalue weighted by Gasteiger charge is 2.47. The van der Waals surface area contributed by atoms with Crippen LogP contribution in [0.3, 0.4) is 0 Å². The van der Waals surface area contributed by atoms with Crippen molar-refractivity contribution >= 4 is 17.9 Å². The third kappa shape index (κ3) is 1.57. The molecule has 3 nitrogen and oxygen atoms in total. The van der Waals surface area contributed by atoms with Crippen LogP contribution in [0.15, 0.2) is 12.1 Å². The molecule has 1 fully saturated rings. The summed E-state index contributed by atoms with van der Waals surface area (Å²) >= 11 is 6.02. The van der Waals surface area contributed by atoms with Gasteiger partial charge in [-0.15, -0.1) is 0 Å². The maximum Gasteiger partial charge on any atom is 0.130 e. The number of carbonyl (C=O) groups excluding carboxylic acids is 1. The van der Waals surface area contributed by atoms with Crippen LogP contribution in [0, 0.1) is 0 Å². The van der Waals surface area contributed by atoms with Gasteiger partial charge in [0, 0.05) is 11.6 Å². The Balaban J connectivity index is 2.53. The van der Waals surface area contributed by atoms with Crippen LogP contribution in [0.25, 0.3) is 0 Å². The molecule has 1 aromatic rings. The lowest BCUT2D eigenvalue weighted by Crippen LogP contribution is -2.09. The highest BCUT2D eigenvalue weighted by Crippen LogP contribution is 2.52. The molecule has 1 aromatic carbocycles. The molecule has 1 aliphatic rings. The standard InChI is InChI=1S/C11H11ClO3/c1-15-7-4-8(12)10(9(14)5-7)11(6-13)2-3-11/h4-6,14H,2-3H2,1H3. The minimum atomic E-state index is -0.562. The summed E-state index contributed by atoms with van der Waals surface area (Å²) in [6.45, 7) is 0. The topological polar surface area (TPSA) is 46.5 Å². The number of phenolic OH excluding ortho intramolecular Hbond substituents is 1. The molecule has 1 aliphatic carbocycles. The maximum atomic E-state index is 10.9. The van der Waals surface area contributed by atoms with E-state index in [1.54, 1.807) is 6.07 Å². The van der Waals surface area contributed by atoms with Crippen LogP contribution < -0.4 is 4.74 Å². The van der Waals surface area contributed by atoms with Crippen molar-refractivity contribution in [2.45, 2.75) is 18.3 Å². The number of rotatable bonds is 3. The Morgan fingerprint density at radius 3 is 2.60 bits per heavy atom. The SMILES string of the molecule is COc1cc(O)c(C2(C=O)CC2)c(Cl)c1. The predicted octanol–water partition coefficient (Wildman–Crippen LogP) is 2.28. The number of methoxy groups -OCH3 is 1. The van der Waals surface area contributed by atoms with Gasteiger partial charge in [-0.3, -0.25) is 0 Å². The fourth-order valence-electron chi connectivity index (χ4n) is 1.74. The molecule has 0 saturated heterocycles. The van der Waals surface area contributed by atoms with E-state index in [-0.39, 0.29) is 5.75 Å². The van der Waals surface area contributed by atoms with Crippen molar-refractivity contribution in [1.29, 1.82) is 0 Å². The molecule has 0 radical (unpaired) electrons. The third-order valence-corrected chi connectivity index (χ3v) is 3.09. The van der Waals surface area contributed by atoms with Crippen molar-refractivity contribution in [3.05, 3.63) is 22.7 Å². The van der Waals surface area contributed by atoms with Gasteiger partial charge in [0.15, 0.2) is 0 Å². The summed E-state index contributed by atoms with van der Waals surface area (Å²) in [5.41, 5.74) is -0.0343. The van der Waals surface area contributed by atoms with Crippen molar-refractivity contribution in [3.63, 3.8) is 0 Å². The number of hydrogen-bond acceptors (Lipinski definition) is 3. The maximum absolute atomic E-state index is 10.9. The average Bonchev–Trinajstić information content (AvgIpc) is 2.97. The van der Waals surface area contributed by atoms with E-state index in [9.17, 15) is 9.90 Å². The van der Waals surface area contributed by atoms with Crippen molar-refractivity contribution in [1.82, 2.24) is 0 Å². The fourth-order valence-corrected chi connectivity index (χ4v) is 2.13. The van der Waals surface area contributed by atoms with E-state index in [2.05, 4.69) is 0 Å². The smallest absolute Gasteiger partial charge is 0.130 e. The Morgan fingerprint density at radius 1 is 1.53 bits per heavy atom. The van der Waals surface area contributed by atoms with Gasteiger partial charge in [-0.25, -0.2) is 0 Å². The van der Waals surface area contributed by atoms with Gasteiger partial charge in [0.25, 0.3) is 0 Å². The van der Waals surface area contributed by atoms with Gasteiger partial charge < -0.3 is 14.6 Å². The number of aromatic hydroxyl groups is 1. The Labute approximate surface area is 92.6 Å². The molecule has 0 atom stereocenters. The van der Waals surface area contributed by atoms with Crippen molar-refractivity contribution in [2.24, 2.45) is 0 Å². The minimum Gasteiger partial charge on any atom is -0.507 e. The molecule has 2 rings (SSSR count). The summed E-state index contributed by atoms with van der Waals surface area (Å²) in [6, 6.07) is 3.09. The van der Waals surface area contributed by atoms with Gasteiger partial charge in [0.2, 0.25) is 0 Å². The lowest BCUT2D eigenvalue weighted by atomic mass is 9.96. The second-order valence-corrected chi connectivity index (χ2v) is 4.18. The van der Waals surface area contributed by atoms with Crippen molar-refractivity contribution in [3.8, 4) is 11.5 Å². The number of halogens is 1. The summed E-state index contributed by atoms with van der Waals surface area (Å²) in [7, 11) is 1.50. The number of hydrogen-bond donors (Lipinski definition) is 1. The van der Waals surface area contributed by atoms with E-state index in [0.29, 0.717) is 16.3 Å². The molecule has 0 bridgehead atoms. The van der Waals surface area contributed by atoms with Gasteiger partial charge in [-0.1, -0.05) is 11.6 Å². The normalized spacial score (nSPS) is 17.2. The van der Waals surface area contributed by atoms with Gasteiger partial charge in [-0.2, -0.15) is 0 Å². The van der Waals surface area contributed by atoms with Crippen LogP contribution in [0.1, 0.15) is 18.4 Å². The van der Waals surface area contributed by atoms with Crippen LogP contribution >= 0.6 is 11.6 Å². The lowest BCUT2D eigenvalue weighted by molar-refractivity contribution is -0.109. The summed E-state index contributed by atoms with van der Waals surface area (Å²) < 4.78 is 4.96. The molecule has 0 unspecified atom stereocenters. The van der Waals surface area contributed by atoms with Gasteiger partial charge in [-0.05, 0) is 18.9 Å². The number of aldehydes is 1. The van der Waals surface area contributed by atoms with Crippen LogP contribution in [0.4, 0.5) is 0 Å². The monoisotopic (exact) mass is 226 g/mol. The molecular formula is C11H11ClO3. The van der Waals surface area contributed by atoms with E-state index < -0.39 is 5.41 Å². The Morgan fingerprint density at radius 2 is 2.20 bits per heavy atom. The van der Waals surface area contributed by atoms with E-state index >= 15 is 0 Å². The molecule has 0 spiro atoms. The first kappa shape index (κ1) is 10.3. The first-order valence-corrected chi connectivity index (χ1v) is 5.04. The van der Waals surface area contributed by atoms with Crippen molar-refractivity contribution < 1.29 is 14.6 Å². The minimum absolute atomic E-state index is 0.0314. The van der Waals surface area contributed by atoms with Crippen LogP contribution in [-0.4, -0.2) is 18.5 Å². The van der Waals surface area contributed by atoms with Crippen LogP contribution in [0.2, 0.25) is 5.02 Å². The van der Waals surface area contributed by atoms with Crippen molar-refractivity contribution in [2.75, 3.05) is 7.11 Å². The highest BCUT2D eigenvalue weighted by atomic mass is 35.5. The predicted molar refractivity (Wildman–Crippen MR) is 56.6 cm³/mol. The van der Waals surface area contributed by atoms with E-state index in [0.717, 1.165) is 19.1 Å². The van der Waals surface area contributed by atoms with E-state index in [4.69, 9.17) is 16.3 Å².